The smallest absolute Gasteiger partial charge is 0.305 e. The quantitative estimate of drug-likeness (QED) is 0.0320. The highest BCUT2D eigenvalue weighted by Gasteiger charge is 2.20. The van der Waals surface area contributed by atoms with E-state index in [9.17, 15) is 19.8 Å². The lowest BCUT2D eigenvalue weighted by Gasteiger charge is -2.22. The van der Waals surface area contributed by atoms with Crippen molar-refractivity contribution < 1.29 is 24.5 Å². The minimum atomic E-state index is -0.657. The molecule has 0 aromatic carbocycles. The van der Waals surface area contributed by atoms with Gasteiger partial charge in [0, 0.05) is 12.8 Å². The van der Waals surface area contributed by atoms with Crippen molar-refractivity contribution in [2.45, 2.75) is 463 Å². The highest BCUT2D eigenvalue weighted by atomic mass is 16.5. The van der Waals surface area contributed by atoms with Crippen molar-refractivity contribution in [1.29, 1.82) is 0 Å². The van der Waals surface area contributed by atoms with Crippen LogP contribution in [-0.4, -0.2) is 47.4 Å². The van der Waals surface area contributed by atoms with Gasteiger partial charge in [0.15, 0.2) is 0 Å². The van der Waals surface area contributed by atoms with E-state index in [1.807, 2.05) is 0 Å². The van der Waals surface area contributed by atoms with Gasteiger partial charge in [0.25, 0.3) is 0 Å². The van der Waals surface area contributed by atoms with E-state index in [2.05, 4.69) is 31.3 Å². The SMILES string of the molecule is CCCCCCCCC/C=C\CCCCCCCCCC(=O)OCCCCCCCCCCCCCCCCCCCCCCCCCCCCCCCCCCCCCCCCCC(=O)NC(CO)C(O)CCCCCCCCCCCC. The predicted octanol–water partition coefficient (Wildman–Crippen LogP) is 25.5. The molecular formula is C78H153NO5. The summed E-state index contributed by atoms with van der Waals surface area (Å²) in [5, 5.41) is 23.2. The molecule has 1 amide bonds. The molecule has 0 fully saturated rings. The van der Waals surface area contributed by atoms with Crippen molar-refractivity contribution in [3.63, 3.8) is 0 Å². The van der Waals surface area contributed by atoms with Gasteiger partial charge in [0.2, 0.25) is 5.91 Å². The first-order valence-corrected chi connectivity index (χ1v) is 38.9. The third kappa shape index (κ3) is 69.7. The van der Waals surface area contributed by atoms with Crippen LogP contribution in [0.25, 0.3) is 0 Å². The number of aliphatic hydroxyl groups excluding tert-OH is 2. The zero-order valence-electron chi connectivity index (χ0n) is 57.4. The molecule has 0 rings (SSSR count). The Labute approximate surface area is 527 Å². The molecule has 0 aliphatic rings. The lowest BCUT2D eigenvalue weighted by atomic mass is 10.0. The van der Waals surface area contributed by atoms with Crippen molar-refractivity contribution >= 4 is 11.9 Å². The van der Waals surface area contributed by atoms with Gasteiger partial charge in [-0.2, -0.15) is 0 Å². The summed E-state index contributed by atoms with van der Waals surface area (Å²) >= 11 is 0. The second-order valence-corrected chi connectivity index (χ2v) is 27.0. The molecule has 0 aliphatic heterocycles. The predicted molar refractivity (Wildman–Crippen MR) is 370 cm³/mol. The van der Waals surface area contributed by atoms with Gasteiger partial charge in [0.05, 0.1) is 25.4 Å². The van der Waals surface area contributed by atoms with Gasteiger partial charge in [0.1, 0.15) is 0 Å². The summed E-state index contributed by atoms with van der Waals surface area (Å²) in [4.78, 5) is 24.6. The highest BCUT2D eigenvalue weighted by molar-refractivity contribution is 5.76. The molecule has 0 aliphatic carbocycles. The van der Waals surface area contributed by atoms with Crippen LogP contribution >= 0.6 is 0 Å². The van der Waals surface area contributed by atoms with E-state index in [0.717, 1.165) is 38.5 Å². The summed E-state index contributed by atoms with van der Waals surface area (Å²) in [7, 11) is 0. The van der Waals surface area contributed by atoms with Crippen molar-refractivity contribution in [3.05, 3.63) is 12.2 Å². The molecule has 0 aromatic rings. The van der Waals surface area contributed by atoms with Gasteiger partial charge >= 0.3 is 5.97 Å². The first-order chi connectivity index (χ1) is 41.5. The van der Waals surface area contributed by atoms with Crippen LogP contribution < -0.4 is 5.32 Å². The average molecular weight is 1190 g/mol. The summed E-state index contributed by atoms with van der Waals surface area (Å²) in [6.45, 7) is 4.98. The Bertz CT molecular complexity index is 1270. The van der Waals surface area contributed by atoms with Crippen LogP contribution in [0.1, 0.15) is 450 Å². The number of carbonyl (C=O) groups excluding carboxylic acids is 2. The summed E-state index contributed by atoms with van der Waals surface area (Å²) in [6.07, 6.45) is 93.3. The molecule has 2 unspecified atom stereocenters. The van der Waals surface area contributed by atoms with E-state index in [1.54, 1.807) is 0 Å². The Morgan fingerprint density at radius 3 is 0.845 bits per heavy atom. The topological polar surface area (TPSA) is 95.9 Å². The van der Waals surface area contributed by atoms with E-state index < -0.39 is 12.1 Å². The van der Waals surface area contributed by atoms with Crippen LogP contribution in [0.15, 0.2) is 12.2 Å². The molecule has 0 aromatic heterocycles. The molecule has 0 saturated heterocycles. The normalized spacial score (nSPS) is 12.5. The molecule has 6 nitrogen and oxygen atoms in total. The maximum absolute atomic E-state index is 12.5. The third-order valence-electron chi connectivity index (χ3n) is 18.6. The van der Waals surface area contributed by atoms with E-state index in [0.29, 0.717) is 25.9 Å². The first-order valence-electron chi connectivity index (χ1n) is 38.9. The Balaban J connectivity index is 3.25. The number of nitrogens with one attached hydrogen (secondary N) is 1. The number of carbonyl (C=O) groups is 2. The van der Waals surface area contributed by atoms with Crippen molar-refractivity contribution in [3.8, 4) is 0 Å². The number of hydrogen-bond acceptors (Lipinski definition) is 5. The van der Waals surface area contributed by atoms with Crippen LogP contribution in [0.2, 0.25) is 0 Å². The van der Waals surface area contributed by atoms with Crippen molar-refractivity contribution in [1.82, 2.24) is 5.32 Å². The molecule has 3 N–H and O–H groups in total. The summed E-state index contributed by atoms with van der Waals surface area (Å²) in [5.41, 5.74) is 0. The molecule has 0 radical (unpaired) electrons. The van der Waals surface area contributed by atoms with Gasteiger partial charge in [-0.15, -0.1) is 0 Å². The lowest BCUT2D eigenvalue weighted by Crippen LogP contribution is -2.45. The molecule has 0 bridgehead atoms. The molecule has 2 atom stereocenters. The largest absolute Gasteiger partial charge is 0.466 e. The summed E-state index contributed by atoms with van der Waals surface area (Å²) in [6, 6.07) is -0.534. The molecule has 84 heavy (non-hydrogen) atoms. The molecule has 6 heteroatoms. The minimum absolute atomic E-state index is 0.0221. The van der Waals surface area contributed by atoms with Gasteiger partial charge < -0.3 is 20.3 Å². The average Bonchev–Trinajstić information content (AvgIpc) is 3.51. The monoisotopic (exact) mass is 1180 g/mol. The Morgan fingerprint density at radius 1 is 0.321 bits per heavy atom. The zero-order valence-corrected chi connectivity index (χ0v) is 57.4. The zero-order chi connectivity index (χ0) is 60.6. The maximum Gasteiger partial charge on any atom is 0.305 e. The van der Waals surface area contributed by atoms with Gasteiger partial charge in [-0.1, -0.05) is 398 Å². The standard InChI is InChI=1S/C78H153NO5/c1-3-5-7-9-11-13-15-16-17-18-43-46-49-52-56-60-64-68-72-78(83)84-73-69-65-61-57-53-50-47-44-41-39-37-35-33-31-29-27-25-23-21-19-20-22-24-26-28-30-32-34-36-38-40-42-45-48-51-55-59-63-67-71-77(82)79-75(74-80)76(81)70-66-62-58-54-14-12-10-8-6-4-2/h17-18,75-76,80-81H,3-16,19-74H2,1-2H3,(H,79,82)/b18-17-. The van der Waals surface area contributed by atoms with Gasteiger partial charge in [-0.05, 0) is 51.4 Å². The van der Waals surface area contributed by atoms with Crippen LogP contribution in [0.3, 0.4) is 0 Å². The number of ether oxygens (including phenoxy) is 1. The maximum atomic E-state index is 12.5. The van der Waals surface area contributed by atoms with Gasteiger partial charge in [-0.3, -0.25) is 9.59 Å². The Hall–Kier alpha value is -1.40. The number of esters is 1. The van der Waals surface area contributed by atoms with E-state index in [4.69, 9.17) is 4.74 Å². The van der Waals surface area contributed by atoms with Crippen molar-refractivity contribution in [2.24, 2.45) is 0 Å². The van der Waals surface area contributed by atoms with E-state index in [1.165, 1.54) is 379 Å². The van der Waals surface area contributed by atoms with Crippen LogP contribution in [0, 0.1) is 0 Å². The van der Waals surface area contributed by atoms with Gasteiger partial charge in [-0.25, -0.2) is 0 Å². The second kappa shape index (κ2) is 74.1. The number of unbranched alkanes of at least 4 members (excludes halogenated alkanes) is 61. The molecular weight excluding hydrogens is 1030 g/mol. The summed E-state index contributed by atoms with van der Waals surface area (Å²) < 4.78 is 5.51. The molecule has 0 heterocycles. The molecule has 0 spiro atoms. The first kappa shape index (κ1) is 82.6. The summed E-state index contributed by atoms with van der Waals surface area (Å²) in [5.74, 6) is -0.00577. The van der Waals surface area contributed by atoms with Crippen LogP contribution in [0.4, 0.5) is 0 Å². The number of allylic oxidation sites excluding steroid dienone is 2. The fraction of sp³-hybridized carbons (Fsp3) is 0.949. The number of hydrogen-bond donors (Lipinski definition) is 3. The van der Waals surface area contributed by atoms with E-state index in [-0.39, 0.29) is 18.5 Å². The molecule has 500 valence electrons. The van der Waals surface area contributed by atoms with Crippen molar-refractivity contribution in [2.75, 3.05) is 13.2 Å². The van der Waals surface area contributed by atoms with E-state index >= 15 is 0 Å². The Kier molecular flexibility index (Phi) is 72.8. The number of aliphatic hydroxyl groups is 2. The lowest BCUT2D eigenvalue weighted by molar-refractivity contribution is -0.143. The number of amides is 1. The molecule has 0 saturated carbocycles. The van der Waals surface area contributed by atoms with Crippen LogP contribution in [-0.2, 0) is 14.3 Å². The highest BCUT2D eigenvalue weighted by Crippen LogP contribution is 2.20. The fourth-order valence-corrected chi connectivity index (χ4v) is 12.6. The minimum Gasteiger partial charge on any atom is -0.466 e. The third-order valence-corrected chi connectivity index (χ3v) is 18.6. The Morgan fingerprint density at radius 2 is 0.560 bits per heavy atom. The van der Waals surface area contributed by atoms with Crippen LogP contribution in [0.5, 0.6) is 0 Å². The fourth-order valence-electron chi connectivity index (χ4n) is 12.6. The number of rotatable bonds is 74. The second-order valence-electron chi connectivity index (χ2n) is 27.0.